The molecule has 0 amide bonds. The average Bonchev–Trinajstić information content (AvgIpc) is 2.59. The molecule has 3 nitrogen and oxygen atoms in total. The average molecular weight is 221 g/mol. The lowest BCUT2D eigenvalue weighted by Gasteiger charge is -2.07. The van der Waals surface area contributed by atoms with Crippen LogP contribution in [0.1, 0.15) is 18.0 Å². The maximum atomic E-state index is 10.6. The number of rotatable bonds is 3. The molecule has 3 N–H and O–H groups in total. The van der Waals surface area contributed by atoms with Gasteiger partial charge in [-0.3, -0.25) is 4.79 Å². The summed E-state index contributed by atoms with van der Waals surface area (Å²) in [5.74, 6) is -0.863. The van der Waals surface area contributed by atoms with Crippen molar-refractivity contribution in [3.63, 3.8) is 0 Å². The maximum Gasteiger partial charge on any atom is 0.305 e. The van der Waals surface area contributed by atoms with Gasteiger partial charge < -0.3 is 10.8 Å². The second kappa shape index (κ2) is 4.00. The van der Waals surface area contributed by atoms with Crippen LogP contribution >= 0.6 is 11.3 Å². The Morgan fingerprint density at radius 1 is 1.47 bits per heavy atom. The van der Waals surface area contributed by atoms with Gasteiger partial charge in [-0.2, -0.15) is 0 Å². The first kappa shape index (κ1) is 10.1. The fourth-order valence-corrected chi connectivity index (χ4v) is 2.61. The van der Waals surface area contributed by atoms with Gasteiger partial charge in [0, 0.05) is 10.7 Å². The van der Waals surface area contributed by atoms with Gasteiger partial charge in [-0.05, 0) is 22.4 Å². The first-order valence-corrected chi connectivity index (χ1v) is 5.50. The molecule has 0 aliphatic heterocycles. The van der Waals surface area contributed by atoms with E-state index in [1.807, 2.05) is 29.6 Å². The number of carboxylic acids is 1. The number of aliphatic carboxylic acids is 1. The summed E-state index contributed by atoms with van der Waals surface area (Å²) in [6.45, 7) is 0. The molecule has 0 bridgehead atoms. The lowest BCUT2D eigenvalue weighted by molar-refractivity contribution is -0.137. The van der Waals surface area contributed by atoms with E-state index in [4.69, 9.17) is 10.8 Å². The van der Waals surface area contributed by atoms with E-state index in [1.165, 1.54) is 0 Å². The Morgan fingerprint density at radius 3 is 2.93 bits per heavy atom. The van der Waals surface area contributed by atoms with E-state index in [9.17, 15) is 4.79 Å². The molecule has 0 unspecified atom stereocenters. The van der Waals surface area contributed by atoms with Crippen molar-refractivity contribution >= 4 is 27.4 Å². The van der Waals surface area contributed by atoms with Crippen LogP contribution in [0.3, 0.4) is 0 Å². The maximum absolute atomic E-state index is 10.6. The second-order valence-electron chi connectivity index (χ2n) is 3.39. The Bertz CT molecular complexity index is 492. The third-order valence-corrected chi connectivity index (χ3v) is 3.29. The van der Waals surface area contributed by atoms with E-state index in [1.54, 1.807) is 11.3 Å². The summed E-state index contributed by atoms with van der Waals surface area (Å²) in [6, 6.07) is 7.47. The number of hydrogen-bond acceptors (Lipinski definition) is 3. The summed E-state index contributed by atoms with van der Waals surface area (Å²) in [4.78, 5) is 10.6. The first-order valence-electron chi connectivity index (χ1n) is 4.62. The molecule has 2 aromatic rings. The number of benzene rings is 1. The summed E-state index contributed by atoms with van der Waals surface area (Å²) in [5, 5.41) is 11.7. The summed E-state index contributed by atoms with van der Waals surface area (Å²) in [7, 11) is 0. The van der Waals surface area contributed by atoms with Crippen molar-refractivity contribution in [1.29, 1.82) is 0 Å². The smallest absolute Gasteiger partial charge is 0.305 e. The van der Waals surface area contributed by atoms with Crippen LogP contribution in [-0.4, -0.2) is 11.1 Å². The highest BCUT2D eigenvalue weighted by molar-refractivity contribution is 7.17. The van der Waals surface area contributed by atoms with Gasteiger partial charge in [0.05, 0.1) is 6.42 Å². The van der Waals surface area contributed by atoms with Gasteiger partial charge in [0.1, 0.15) is 0 Å². The van der Waals surface area contributed by atoms with Crippen LogP contribution in [-0.2, 0) is 4.79 Å². The van der Waals surface area contributed by atoms with Gasteiger partial charge in [-0.25, -0.2) is 0 Å². The first-order chi connectivity index (χ1) is 7.18. The van der Waals surface area contributed by atoms with Gasteiger partial charge >= 0.3 is 5.97 Å². The third kappa shape index (κ3) is 2.00. The molecule has 0 saturated carbocycles. The molecule has 0 aliphatic rings. The SMILES string of the molecule is N[C@@H](CC(=O)O)c1csc2ccccc12. The minimum atomic E-state index is -0.863. The molecule has 4 heteroatoms. The fraction of sp³-hybridized carbons (Fsp3) is 0.182. The van der Waals surface area contributed by atoms with Crippen LogP contribution in [0.2, 0.25) is 0 Å². The van der Waals surface area contributed by atoms with Crippen LogP contribution in [0.25, 0.3) is 10.1 Å². The third-order valence-electron chi connectivity index (χ3n) is 2.30. The zero-order valence-corrected chi connectivity index (χ0v) is 8.83. The number of carbonyl (C=O) groups is 1. The van der Waals surface area contributed by atoms with Crippen molar-refractivity contribution < 1.29 is 9.90 Å². The number of nitrogens with two attached hydrogens (primary N) is 1. The van der Waals surface area contributed by atoms with Crippen LogP contribution < -0.4 is 5.73 Å². The van der Waals surface area contributed by atoms with E-state index < -0.39 is 12.0 Å². The van der Waals surface area contributed by atoms with E-state index in [2.05, 4.69) is 0 Å². The second-order valence-corrected chi connectivity index (χ2v) is 4.30. The molecule has 0 radical (unpaired) electrons. The summed E-state index contributed by atoms with van der Waals surface area (Å²) in [5.41, 5.74) is 6.76. The minimum Gasteiger partial charge on any atom is -0.481 e. The Labute approximate surface area is 91.1 Å². The normalized spacial score (nSPS) is 12.9. The van der Waals surface area contributed by atoms with Crippen LogP contribution in [0.4, 0.5) is 0 Å². The van der Waals surface area contributed by atoms with Crippen molar-refractivity contribution in [2.75, 3.05) is 0 Å². The number of hydrogen-bond donors (Lipinski definition) is 2. The molecular formula is C11H11NO2S. The topological polar surface area (TPSA) is 63.3 Å². The summed E-state index contributed by atoms with van der Waals surface area (Å²) < 4.78 is 1.15. The largest absolute Gasteiger partial charge is 0.481 e. The van der Waals surface area contributed by atoms with Gasteiger partial charge in [0.2, 0.25) is 0 Å². The standard InChI is InChI=1S/C11H11NO2S/c12-9(5-11(13)14)8-6-15-10-4-2-1-3-7(8)10/h1-4,6,9H,5,12H2,(H,13,14)/t9-/m0/s1. The lowest BCUT2D eigenvalue weighted by atomic mass is 10.0. The fourth-order valence-electron chi connectivity index (χ4n) is 1.58. The van der Waals surface area contributed by atoms with Crippen molar-refractivity contribution in [2.24, 2.45) is 5.73 Å². The van der Waals surface area contributed by atoms with Gasteiger partial charge in [0.15, 0.2) is 0 Å². The zero-order chi connectivity index (χ0) is 10.8. The van der Waals surface area contributed by atoms with Gasteiger partial charge in [-0.1, -0.05) is 18.2 Å². The van der Waals surface area contributed by atoms with E-state index in [0.29, 0.717) is 0 Å². The minimum absolute atomic E-state index is 0.0271. The van der Waals surface area contributed by atoms with Gasteiger partial charge in [-0.15, -0.1) is 11.3 Å². The summed E-state index contributed by atoms with van der Waals surface area (Å²) in [6.07, 6.45) is -0.0271. The molecule has 0 saturated heterocycles. The highest BCUT2D eigenvalue weighted by Crippen LogP contribution is 2.30. The van der Waals surface area contributed by atoms with E-state index >= 15 is 0 Å². The number of carboxylic acid groups (broad SMARTS) is 1. The molecule has 15 heavy (non-hydrogen) atoms. The summed E-state index contributed by atoms with van der Waals surface area (Å²) >= 11 is 1.60. The van der Waals surface area contributed by atoms with Crippen LogP contribution in [0.5, 0.6) is 0 Å². The zero-order valence-electron chi connectivity index (χ0n) is 8.01. The molecule has 1 heterocycles. The molecule has 1 aromatic heterocycles. The molecule has 0 fully saturated rings. The molecule has 78 valence electrons. The Hall–Kier alpha value is -1.39. The van der Waals surface area contributed by atoms with Crippen LogP contribution in [0, 0.1) is 0 Å². The van der Waals surface area contributed by atoms with E-state index in [-0.39, 0.29) is 6.42 Å². The van der Waals surface area contributed by atoms with Crippen molar-refractivity contribution in [2.45, 2.75) is 12.5 Å². The predicted molar refractivity (Wildman–Crippen MR) is 61.0 cm³/mol. The predicted octanol–water partition coefficient (Wildman–Crippen LogP) is 2.38. The number of fused-ring (bicyclic) bond motifs is 1. The monoisotopic (exact) mass is 221 g/mol. The Morgan fingerprint density at radius 2 is 2.20 bits per heavy atom. The number of thiophene rings is 1. The molecule has 2 rings (SSSR count). The molecule has 1 atom stereocenters. The molecular weight excluding hydrogens is 210 g/mol. The molecule has 1 aromatic carbocycles. The quantitative estimate of drug-likeness (QED) is 0.836. The highest BCUT2D eigenvalue weighted by atomic mass is 32.1. The van der Waals surface area contributed by atoms with Gasteiger partial charge in [0.25, 0.3) is 0 Å². The Kier molecular flexibility index (Phi) is 2.70. The molecule has 0 spiro atoms. The van der Waals surface area contributed by atoms with E-state index in [0.717, 1.165) is 15.6 Å². The Balaban J connectivity index is 2.39. The van der Waals surface area contributed by atoms with Crippen molar-refractivity contribution in [3.8, 4) is 0 Å². The van der Waals surface area contributed by atoms with Crippen LogP contribution in [0.15, 0.2) is 29.6 Å². The highest BCUT2D eigenvalue weighted by Gasteiger charge is 2.14. The molecule has 0 aliphatic carbocycles. The van der Waals surface area contributed by atoms with Crippen molar-refractivity contribution in [1.82, 2.24) is 0 Å². The lowest BCUT2D eigenvalue weighted by Crippen LogP contribution is -2.14. The van der Waals surface area contributed by atoms with Crippen molar-refractivity contribution in [3.05, 3.63) is 35.2 Å².